The second kappa shape index (κ2) is 12.6. The predicted octanol–water partition coefficient (Wildman–Crippen LogP) is 2.77. The topological polar surface area (TPSA) is 117 Å². The van der Waals surface area contributed by atoms with Crippen molar-refractivity contribution in [1.82, 2.24) is 34.3 Å². The number of carbonyl (C=O) groups excluding carboxylic acids is 2. The number of hydrogen-bond donors (Lipinski definition) is 1. The van der Waals surface area contributed by atoms with Gasteiger partial charge in [0.1, 0.15) is 6.10 Å². The number of aromatic nitrogens is 4. The van der Waals surface area contributed by atoms with Gasteiger partial charge in [-0.05, 0) is 46.7 Å². The maximum Gasteiger partial charge on any atom is 0.410 e. The molecular weight excluding hydrogens is 500 g/mol. The number of amides is 2. The lowest BCUT2D eigenvalue weighted by atomic mass is 10.1. The van der Waals surface area contributed by atoms with Crippen LogP contribution in [0, 0.1) is 0 Å². The summed E-state index contributed by atoms with van der Waals surface area (Å²) in [5, 5.41) is 8.02. The van der Waals surface area contributed by atoms with Crippen molar-refractivity contribution in [2.45, 2.75) is 71.1 Å². The summed E-state index contributed by atoms with van der Waals surface area (Å²) in [6, 6.07) is 0.431. The lowest BCUT2D eigenvalue weighted by molar-refractivity contribution is -0.125. The van der Waals surface area contributed by atoms with Gasteiger partial charge in [-0.2, -0.15) is 19.6 Å². The Morgan fingerprint density at radius 3 is 2.49 bits per heavy atom. The molecule has 0 saturated carbocycles. The van der Waals surface area contributed by atoms with Crippen LogP contribution in [-0.2, 0) is 9.53 Å². The van der Waals surface area contributed by atoms with E-state index >= 15 is 0 Å². The van der Waals surface area contributed by atoms with Crippen molar-refractivity contribution < 1.29 is 19.1 Å². The first kappa shape index (κ1) is 28.6. The molecule has 12 heteroatoms. The molecule has 4 rings (SSSR count). The van der Waals surface area contributed by atoms with Crippen LogP contribution in [0.25, 0.3) is 5.65 Å². The molecule has 2 saturated heterocycles. The zero-order valence-electron chi connectivity index (χ0n) is 24.0. The minimum absolute atomic E-state index is 0.0410. The van der Waals surface area contributed by atoms with E-state index in [-0.39, 0.29) is 36.2 Å². The number of nitrogens with zero attached hydrogens (tertiary/aromatic N) is 7. The molecule has 214 valence electrons. The SMILES string of the molecule is CC(C)Oc1nc(NC2CCN(C(=O)O[C@H]3CCN(C(=O)/C=C/CN(C)C)C3)CC2)n2ncc(C(C)C)c2n1. The molecule has 12 nitrogen and oxygen atoms in total. The Labute approximate surface area is 230 Å². The second-order valence-corrected chi connectivity index (χ2v) is 11.1. The Morgan fingerprint density at radius 2 is 1.82 bits per heavy atom. The number of rotatable bonds is 9. The van der Waals surface area contributed by atoms with E-state index in [1.54, 1.807) is 20.4 Å². The summed E-state index contributed by atoms with van der Waals surface area (Å²) >= 11 is 0. The molecule has 2 fully saturated rings. The average Bonchev–Trinajstić information content (AvgIpc) is 3.51. The molecule has 1 N–H and O–H groups in total. The van der Waals surface area contributed by atoms with E-state index in [9.17, 15) is 9.59 Å². The van der Waals surface area contributed by atoms with Gasteiger partial charge in [0, 0.05) is 50.3 Å². The van der Waals surface area contributed by atoms with Gasteiger partial charge in [0.2, 0.25) is 11.9 Å². The van der Waals surface area contributed by atoms with Crippen molar-refractivity contribution in [3.05, 3.63) is 23.9 Å². The molecule has 2 amide bonds. The minimum Gasteiger partial charge on any atom is -0.461 e. The van der Waals surface area contributed by atoms with Crippen LogP contribution < -0.4 is 10.1 Å². The van der Waals surface area contributed by atoms with Crippen molar-refractivity contribution in [1.29, 1.82) is 0 Å². The summed E-state index contributed by atoms with van der Waals surface area (Å²) in [6.45, 7) is 11.0. The smallest absolute Gasteiger partial charge is 0.410 e. The summed E-state index contributed by atoms with van der Waals surface area (Å²) in [6.07, 6.45) is 6.77. The molecule has 39 heavy (non-hydrogen) atoms. The van der Waals surface area contributed by atoms with Crippen molar-refractivity contribution in [3.8, 4) is 6.01 Å². The summed E-state index contributed by atoms with van der Waals surface area (Å²) in [7, 11) is 3.91. The molecule has 0 bridgehead atoms. The van der Waals surface area contributed by atoms with Crippen LogP contribution in [-0.4, -0.2) is 111 Å². The molecule has 2 aliphatic rings. The fourth-order valence-corrected chi connectivity index (χ4v) is 4.74. The quantitative estimate of drug-likeness (QED) is 0.477. The number of nitrogens with one attached hydrogen (secondary N) is 1. The third-order valence-corrected chi connectivity index (χ3v) is 6.88. The van der Waals surface area contributed by atoms with Gasteiger partial charge in [-0.25, -0.2) is 4.79 Å². The van der Waals surface area contributed by atoms with Gasteiger partial charge in [-0.15, -0.1) is 0 Å². The maximum absolute atomic E-state index is 12.8. The molecule has 0 aliphatic carbocycles. The van der Waals surface area contributed by atoms with Crippen LogP contribution in [0.3, 0.4) is 0 Å². The Bertz CT molecular complexity index is 1170. The predicted molar refractivity (Wildman–Crippen MR) is 148 cm³/mol. The Balaban J connectivity index is 1.30. The minimum atomic E-state index is -0.318. The number of piperidine rings is 1. The summed E-state index contributed by atoms with van der Waals surface area (Å²) in [5.41, 5.74) is 1.76. The first-order chi connectivity index (χ1) is 18.6. The summed E-state index contributed by atoms with van der Waals surface area (Å²) in [5.74, 6) is 0.802. The number of hydrogen-bond acceptors (Lipinski definition) is 9. The van der Waals surface area contributed by atoms with Gasteiger partial charge in [-0.3, -0.25) is 4.79 Å². The van der Waals surface area contributed by atoms with E-state index in [2.05, 4.69) is 34.2 Å². The van der Waals surface area contributed by atoms with Gasteiger partial charge >= 0.3 is 12.1 Å². The largest absolute Gasteiger partial charge is 0.461 e. The maximum atomic E-state index is 12.8. The number of carbonyl (C=O) groups is 2. The van der Waals surface area contributed by atoms with Gasteiger partial charge in [0.15, 0.2) is 5.65 Å². The first-order valence-electron chi connectivity index (χ1n) is 13.8. The third-order valence-electron chi connectivity index (χ3n) is 6.88. The van der Waals surface area contributed by atoms with E-state index in [1.807, 2.05) is 45.1 Å². The van der Waals surface area contributed by atoms with E-state index in [1.165, 1.54) is 0 Å². The van der Waals surface area contributed by atoms with E-state index in [0.29, 0.717) is 51.1 Å². The number of likely N-dealkylation sites (N-methyl/N-ethyl adjacent to an activating group) is 1. The van der Waals surface area contributed by atoms with Crippen molar-refractivity contribution in [2.75, 3.05) is 52.1 Å². The Kier molecular flexibility index (Phi) is 9.26. The lowest BCUT2D eigenvalue weighted by Crippen LogP contribution is -2.44. The van der Waals surface area contributed by atoms with Gasteiger partial charge in [0.25, 0.3) is 0 Å². The number of likely N-dealkylation sites (tertiary alicyclic amines) is 2. The molecule has 0 radical (unpaired) electrons. The monoisotopic (exact) mass is 542 g/mol. The summed E-state index contributed by atoms with van der Waals surface area (Å²) < 4.78 is 13.3. The van der Waals surface area contributed by atoms with Crippen LogP contribution in [0.15, 0.2) is 18.3 Å². The molecule has 4 heterocycles. The second-order valence-electron chi connectivity index (χ2n) is 11.1. The number of fused-ring (bicyclic) bond motifs is 1. The highest BCUT2D eigenvalue weighted by Gasteiger charge is 2.31. The molecule has 1 atom stereocenters. The number of anilines is 1. The first-order valence-corrected chi connectivity index (χ1v) is 13.8. The van der Waals surface area contributed by atoms with Crippen LogP contribution >= 0.6 is 0 Å². The van der Waals surface area contributed by atoms with Gasteiger partial charge in [0.05, 0.1) is 18.8 Å². The van der Waals surface area contributed by atoms with Crippen LogP contribution in [0.1, 0.15) is 58.4 Å². The standard InChI is InChI=1S/C27H42N8O4/c1-18(2)22-16-28-35-24(22)30-26(38-19(3)4)31-25(35)29-20-9-13-33(14-10-20)27(37)39-21-11-15-34(17-21)23(36)8-7-12-32(5)6/h7-8,16,18-21H,9-15,17H2,1-6H3,(H,29,30,31)/b8-7+/t21-/m0/s1. The average molecular weight is 543 g/mol. The van der Waals surface area contributed by atoms with Crippen molar-refractivity contribution in [3.63, 3.8) is 0 Å². The highest BCUT2D eigenvalue weighted by Crippen LogP contribution is 2.25. The molecule has 2 aromatic rings. The van der Waals surface area contributed by atoms with Crippen molar-refractivity contribution >= 4 is 23.6 Å². The lowest BCUT2D eigenvalue weighted by Gasteiger charge is -2.32. The summed E-state index contributed by atoms with van der Waals surface area (Å²) in [4.78, 5) is 39.9. The molecule has 2 aliphatic heterocycles. The van der Waals surface area contributed by atoms with E-state index < -0.39 is 0 Å². The van der Waals surface area contributed by atoms with Crippen molar-refractivity contribution in [2.24, 2.45) is 0 Å². The molecular formula is C27H42N8O4. The zero-order valence-corrected chi connectivity index (χ0v) is 24.0. The fraction of sp³-hybridized carbons (Fsp3) is 0.667. The normalized spacial score (nSPS) is 18.7. The molecule has 0 aromatic carbocycles. The molecule has 0 spiro atoms. The van der Waals surface area contributed by atoms with Crippen LogP contribution in [0.2, 0.25) is 0 Å². The Morgan fingerprint density at radius 1 is 1.10 bits per heavy atom. The zero-order chi connectivity index (χ0) is 28.1. The molecule has 0 unspecified atom stereocenters. The van der Waals surface area contributed by atoms with Crippen LogP contribution in [0.4, 0.5) is 10.7 Å². The highest BCUT2D eigenvalue weighted by atomic mass is 16.6. The van der Waals surface area contributed by atoms with E-state index in [0.717, 1.165) is 24.1 Å². The van der Waals surface area contributed by atoms with Gasteiger partial charge < -0.3 is 29.5 Å². The third kappa shape index (κ3) is 7.37. The molecule has 2 aromatic heterocycles. The van der Waals surface area contributed by atoms with Gasteiger partial charge in [-0.1, -0.05) is 19.9 Å². The number of ether oxygens (including phenoxy) is 2. The highest BCUT2D eigenvalue weighted by molar-refractivity contribution is 5.87. The van der Waals surface area contributed by atoms with Crippen LogP contribution in [0.5, 0.6) is 6.01 Å². The van der Waals surface area contributed by atoms with E-state index in [4.69, 9.17) is 9.47 Å². The fourth-order valence-electron chi connectivity index (χ4n) is 4.74. The Hall–Kier alpha value is -3.41.